The summed E-state index contributed by atoms with van der Waals surface area (Å²) in [5, 5.41) is 1.74. The Morgan fingerprint density at radius 1 is 1.19 bits per heavy atom. The van der Waals surface area contributed by atoms with Crippen molar-refractivity contribution >= 4 is 35.1 Å². The topological polar surface area (TPSA) is 97.5 Å². The summed E-state index contributed by atoms with van der Waals surface area (Å²) in [7, 11) is 0. The van der Waals surface area contributed by atoms with Crippen molar-refractivity contribution in [2.24, 2.45) is 0 Å². The fourth-order valence-corrected chi connectivity index (χ4v) is 3.03. The minimum atomic E-state index is -4.70. The summed E-state index contributed by atoms with van der Waals surface area (Å²) in [6.45, 7) is 6.11. The number of halogens is 4. The number of hydrogen-bond donors (Lipinski definition) is 2. The number of aromatic nitrogens is 1. The van der Waals surface area contributed by atoms with Gasteiger partial charge < -0.3 is 19.8 Å². The average molecular weight is 461 g/mol. The second-order valence-corrected chi connectivity index (χ2v) is 6.98. The van der Waals surface area contributed by atoms with Gasteiger partial charge in [0, 0.05) is 11.4 Å². The first-order chi connectivity index (χ1) is 14.4. The highest BCUT2D eigenvalue weighted by Gasteiger charge is 2.34. The summed E-state index contributed by atoms with van der Waals surface area (Å²) in [5.74, 6) is -2.37. The van der Waals surface area contributed by atoms with Crippen molar-refractivity contribution in [2.75, 3.05) is 11.9 Å². The Balaban J connectivity index is 2.14. The molecule has 0 saturated heterocycles. The van der Waals surface area contributed by atoms with Crippen molar-refractivity contribution in [3.05, 3.63) is 51.3 Å². The van der Waals surface area contributed by atoms with Crippen molar-refractivity contribution in [2.45, 2.75) is 40.0 Å². The van der Waals surface area contributed by atoms with Gasteiger partial charge in [-0.2, -0.15) is 13.2 Å². The monoisotopic (exact) mass is 460 g/mol. The van der Waals surface area contributed by atoms with Crippen LogP contribution in [0.3, 0.4) is 0 Å². The van der Waals surface area contributed by atoms with Crippen molar-refractivity contribution in [3.8, 4) is 0 Å². The van der Waals surface area contributed by atoms with Crippen LogP contribution in [0.2, 0.25) is 5.02 Å². The van der Waals surface area contributed by atoms with Crippen LogP contribution in [0.25, 0.3) is 0 Å². The van der Waals surface area contributed by atoms with E-state index < -0.39 is 40.7 Å². The van der Waals surface area contributed by atoms with Crippen molar-refractivity contribution in [1.82, 2.24) is 4.98 Å². The molecule has 1 atom stereocenters. The highest BCUT2D eigenvalue weighted by Crippen LogP contribution is 2.36. The number of rotatable bonds is 6. The Morgan fingerprint density at radius 2 is 1.84 bits per heavy atom. The van der Waals surface area contributed by atoms with Crippen LogP contribution in [0.4, 0.5) is 18.9 Å². The summed E-state index contributed by atoms with van der Waals surface area (Å²) in [6, 6.07) is 2.87. The predicted octanol–water partition coefficient (Wildman–Crippen LogP) is 4.66. The molecule has 11 heteroatoms. The van der Waals surface area contributed by atoms with Gasteiger partial charge in [-0.15, -0.1) is 0 Å². The molecule has 2 N–H and O–H groups in total. The van der Waals surface area contributed by atoms with Crippen LogP contribution in [-0.2, 0) is 20.4 Å². The Bertz CT molecular complexity index is 1020. The molecule has 1 aromatic heterocycles. The number of anilines is 1. The lowest BCUT2D eigenvalue weighted by molar-refractivity contribution is -0.137. The Labute approximate surface area is 180 Å². The maximum Gasteiger partial charge on any atom is 0.417 e. The molecular formula is C20H20ClF3N2O5. The highest BCUT2D eigenvalue weighted by molar-refractivity contribution is 6.31. The number of carbonyl (C=O) groups is 3. The molecule has 0 spiro atoms. The van der Waals surface area contributed by atoms with E-state index in [1.54, 1.807) is 13.8 Å². The number of aryl methyl sites for hydroxylation is 1. The first-order valence-corrected chi connectivity index (χ1v) is 9.49. The first-order valence-electron chi connectivity index (χ1n) is 9.11. The molecule has 31 heavy (non-hydrogen) atoms. The van der Waals surface area contributed by atoms with Gasteiger partial charge >= 0.3 is 18.1 Å². The minimum absolute atomic E-state index is 0.0635. The van der Waals surface area contributed by atoms with Crippen LogP contribution in [0.5, 0.6) is 0 Å². The van der Waals surface area contributed by atoms with E-state index in [1.807, 2.05) is 0 Å². The van der Waals surface area contributed by atoms with E-state index in [4.69, 9.17) is 21.1 Å². The highest BCUT2D eigenvalue weighted by atomic mass is 35.5. The Hall–Kier alpha value is -3.01. The number of ether oxygens (including phenoxy) is 2. The molecule has 1 unspecified atom stereocenters. The molecule has 1 aromatic carbocycles. The summed E-state index contributed by atoms with van der Waals surface area (Å²) >= 11 is 5.55. The number of amides is 1. The van der Waals surface area contributed by atoms with Crippen LogP contribution in [0.1, 0.15) is 51.5 Å². The minimum Gasteiger partial charge on any atom is -0.461 e. The van der Waals surface area contributed by atoms with Crippen LogP contribution in [0.15, 0.2) is 18.2 Å². The third kappa shape index (κ3) is 5.57. The summed E-state index contributed by atoms with van der Waals surface area (Å²) in [6.07, 6.45) is -6.03. The van der Waals surface area contributed by atoms with E-state index in [2.05, 4.69) is 10.3 Å². The molecule has 0 saturated carbocycles. The normalized spacial score (nSPS) is 12.3. The zero-order valence-electron chi connectivity index (χ0n) is 17.1. The number of nitrogens with one attached hydrogen (secondary N) is 2. The predicted molar refractivity (Wildman–Crippen MR) is 106 cm³/mol. The second-order valence-electron chi connectivity index (χ2n) is 6.57. The van der Waals surface area contributed by atoms with E-state index in [0.717, 1.165) is 6.07 Å². The van der Waals surface area contributed by atoms with Gasteiger partial charge in [0.15, 0.2) is 6.10 Å². The van der Waals surface area contributed by atoms with E-state index in [1.165, 1.54) is 19.9 Å². The molecular weight excluding hydrogens is 441 g/mol. The van der Waals surface area contributed by atoms with Gasteiger partial charge in [0.1, 0.15) is 5.69 Å². The SMILES string of the molecule is CCOC(=O)c1[nH]c(C)c(C(=O)OC(C)C(=O)Nc2ccc(Cl)c(C(F)(F)F)c2)c1C. The third-order valence-corrected chi connectivity index (χ3v) is 4.64. The number of carbonyl (C=O) groups excluding carboxylic acids is 3. The molecule has 0 aliphatic heterocycles. The van der Waals surface area contributed by atoms with Gasteiger partial charge in [0.2, 0.25) is 0 Å². The molecule has 0 aliphatic rings. The largest absolute Gasteiger partial charge is 0.461 e. The number of alkyl halides is 3. The Morgan fingerprint density at radius 3 is 2.42 bits per heavy atom. The Kier molecular flexibility index (Phi) is 7.37. The standard InChI is InChI=1S/C20H20ClF3N2O5/c1-5-30-19(29)16-9(2)15(10(3)25-16)18(28)31-11(4)17(27)26-12-6-7-14(21)13(8-12)20(22,23)24/h6-8,11,25H,5H2,1-4H3,(H,26,27). The smallest absolute Gasteiger partial charge is 0.417 e. The molecule has 2 rings (SSSR count). The van der Waals surface area contributed by atoms with Crippen molar-refractivity contribution in [1.29, 1.82) is 0 Å². The molecule has 0 aliphatic carbocycles. The maximum atomic E-state index is 13.0. The van der Waals surface area contributed by atoms with E-state index in [-0.39, 0.29) is 23.6 Å². The van der Waals surface area contributed by atoms with Crippen LogP contribution in [0, 0.1) is 13.8 Å². The molecule has 2 aromatic rings. The van der Waals surface area contributed by atoms with Crippen LogP contribution < -0.4 is 5.32 Å². The van der Waals surface area contributed by atoms with Gasteiger partial charge in [-0.25, -0.2) is 9.59 Å². The molecule has 7 nitrogen and oxygen atoms in total. The van der Waals surface area contributed by atoms with E-state index in [9.17, 15) is 27.6 Å². The lowest BCUT2D eigenvalue weighted by Gasteiger charge is -2.15. The summed E-state index contributed by atoms with van der Waals surface area (Å²) < 4.78 is 48.9. The molecule has 1 amide bonds. The zero-order chi connectivity index (χ0) is 23.5. The number of aromatic amines is 1. The van der Waals surface area contributed by atoms with Gasteiger partial charge in [-0.3, -0.25) is 4.79 Å². The fraction of sp³-hybridized carbons (Fsp3) is 0.350. The fourth-order valence-electron chi connectivity index (χ4n) is 2.80. The van der Waals surface area contributed by atoms with Crippen molar-refractivity contribution in [3.63, 3.8) is 0 Å². The van der Waals surface area contributed by atoms with E-state index in [0.29, 0.717) is 17.3 Å². The quantitative estimate of drug-likeness (QED) is 0.611. The molecule has 168 valence electrons. The zero-order valence-corrected chi connectivity index (χ0v) is 17.8. The van der Waals surface area contributed by atoms with E-state index >= 15 is 0 Å². The van der Waals surface area contributed by atoms with Crippen molar-refractivity contribution < 1.29 is 37.0 Å². The van der Waals surface area contributed by atoms with Crippen LogP contribution in [-0.4, -0.2) is 35.5 Å². The van der Waals surface area contributed by atoms with Gasteiger partial charge in [0.05, 0.1) is 22.8 Å². The average Bonchev–Trinajstić information content (AvgIpc) is 2.96. The molecule has 0 fully saturated rings. The first kappa shape index (κ1) is 24.3. The summed E-state index contributed by atoms with van der Waals surface area (Å²) in [5.41, 5.74) is -0.491. The maximum absolute atomic E-state index is 13.0. The number of H-pyrrole nitrogens is 1. The van der Waals surface area contributed by atoms with Gasteiger partial charge in [-0.1, -0.05) is 11.6 Å². The number of benzene rings is 1. The number of hydrogen-bond acceptors (Lipinski definition) is 5. The molecule has 0 bridgehead atoms. The second kappa shape index (κ2) is 9.42. The third-order valence-electron chi connectivity index (χ3n) is 4.31. The lowest BCUT2D eigenvalue weighted by atomic mass is 10.1. The lowest BCUT2D eigenvalue weighted by Crippen LogP contribution is -2.30. The number of esters is 2. The van der Waals surface area contributed by atoms with Gasteiger partial charge in [0.25, 0.3) is 5.91 Å². The molecule has 1 heterocycles. The van der Waals surface area contributed by atoms with Crippen LogP contribution >= 0.6 is 11.6 Å². The molecule has 0 radical (unpaired) electrons. The summed E-state index contributed by atoms with van der Waals surface area (Å²) in [4.78, 5) is 39.5. The van der Waals surface area contributed by atoms with Gasteiger partial charge in [-0.05, 0) is 51.5 Å².